The molecule has 0 aliphatic carbocycles. The summed E-state index contributed by atoms with van der Waals surface area (Å²) in [6.07, 6.45) is 2.09. The Kier molecular flexibility index (Phi) is 5.60. The molecule has 3 aromatic carbocycles. The van der Waals surface area contributed by atoms with E-state index in [0.29, 0.717) is 28.8 Å². The van der Waals surface area contributed by atoms with Gasteiger partial charge in [-0.05, 0) is 47.5 Å². The first-order valence-corrected chi connectivity index (χ1v) is 10.5. The Balaban J connectivity index is 1.67. The highest BCUT2D eigenvalue weighted by Crippen LogP contribution is 2.33. The average Bonchev–Trinajstić information content (AvgIpc) is 2.76. The number of fused-ring (bicyclic) bond motifs is 1. The van der Waals surface area contributed by atoms with Crippen molar-refractivity contribution in [2.24, 2.45) is 0 Å². The summed E-state index contributed by atoms with van der Waals surface area (Å²) in [5.74, 6) is 5.47. The molecule has 5 heteroatoms. The summed E-state index contributed by atoms with van der Waals surface area (Å²) in [4.78, 5) is 13.2. The van der Waals surface area contributed by atoms with Crippen molar-refractivity contribution in [2.75, 3.05) is 11.4 Å². The van der Waals surface area contributed by atoms with Crippen molar-refractivity contribution in [3.05, 3.63) is 106 Å². The van der Waals surface area contributed by atoms with E-state index in [2.05, 4.69) is 11.8 Å². The number of allylic oxidation sites excluding steroid dienone is 1. The van der Waals surface area contributed by atoms with Crippen LogP contribution in [0.25, 0.3) is 6.08 Å². The molecule has 1 atom stereocenters. The SMILES string of the molecule is CN1c2ccc(C#CCc3ccccc3)cc2C(=O)/C(=C\c2cccc(F)c2)S1=O. The van der Waals surface area contributed by atoms with Gasteiger partial charge in [0.2, 0.25) is 5.78 Å². The summed E-state index contributed by atoms with van der Waals surface area (Å²) in [7, 11) is -0.00356. The molecule has 3 nitrogen and oxygen atoms in total. The lowest BCUT2D eigenvalue weighted by Crippen LogP contribution is -2.31. The lowest BCUT2D eigenvalue weighted by atomic mass is 10.0. The van der Waals surface area contributed by atoms with Crippen molar-refractivity contribution in [3.8, 4) is 11.8 Å². The number of Topliss-reactive ketones (excluding diaryl/α,β-unsaturated/α-hetero) is 1. The number of rotatable bonds is 2. The monoisotopic (exact) mass is 415 g/mol. The Bertz CT molecular complexity index is 1240. The van der Waals surface area contributed by atoms with Crippen molar-refractivity contribution in [1.82, 2.24) is 0 Å². The smallest absolute Gasteiger partial charge is 0.205 e. The highest BCUT2D eigenvalue weighted by atomic mass is 32.2. The highest BCUT2D eigenvalue weighted by Gasteiger charge is 2.31. The van der Waals surface area contributed by atoms with Gasteiger partial charge >= 0.3 is 0 Å². The second-order valence-electron chi connectivity index (χ2n) is 6.84. The molecule has 1 unspecified atom stereocenters. The van der Waals surface area contributed by atoms with Gasteiger partial charge in [0.15, 0.2) is 11.0 Å². The summed E-state index contributed by atoms with van der Waals surface area (Å²) in [5, 5.41) is 0. The largest absolute Gasteiger partial charge is 0.290 e. The predicted octanol–water partition coefficient (Wildman–Crippen LogP) is 4.76. The van der Waals surface area contributed by atoms with Gasteiger partial charge in [-0.15, -0.1) is 0 Å². The van der Waals surface area contributed by atoms with Gasteiger partial charge in [-0.2, -0.15) is 0 Å². The predicted molar refractivity (Wildman–Crippen MR) is 119 cm³/mol. The second kappa shape index (κ2) is 8.48. The first-order valence-electron chi connectivity index (χ1n) is 9.37. The van der Waals surface area contributed by atoms with Gasteiger partial charge in [-0.1, -0.05) is 54.3 Å². The highest BCUT2D eigenvalue weighted by molar-refractivity contribution is 7.91. The minimum Gasteiger partial charge on any atom is -0.290 e. The lowest BCUT2D eigenvalue weighted by molar-refractivity contribution is 0.104. The quantitative estimate of drug-likeness (QED) is 0.447. The number of hydrogen-bond donors (Lipinski definition) is 0. The molecule has 30 heavy (non-hydrogen) atoms. The van der Waals surface area contributed by atoms with E-state index in [-0.39, 0.29) is 10.7 Å². The van der Waals surface area contributed by atoms with Crippen LogP contribution in [0, 0.1) is 17.7 Å². The number of nitrogens with zero attached hydrogens (tertiary/aromatic N) is 1. The third kappa shape index (κ3) is 4.10. The fraction of sp³-hybridized carbons (Fsp3) is 0.0800. The number of halogens is 1. The van der Waals surface area contributed by atoms with Crippen molar-refractivity contribution in [1.29, 1.82) is 0 Å². The minimum absolute atomic E-state index is 0.116. The molecular formula is C25H18FNO2S. The van der Waals surface area contributed by atoms with E-state index in [1.165, 1.54) is 18.2 Å². The Hall–Kier alpha value is -3.49. The number of carbonyl (C=O) groups excluding carboxylic acids is 1. The topological polar surface area (TPSA) is 37.4 Å². The normalized spacial score (nSPS) is 16.7. The molecule has 0 bridgehead atoms. The maximum Gasteiger partial charge on any atom is 0.205 e. The van der Waals surface area contributed by atoms with Crippen molar-refractivity contribution >= 4 is 28.5 Å². The van der Waals surface area contributed by atoms with Gasteiger partial charge in [0, 0.05) is 24.6 Å². The zero-order valence-corrected chi connectivity index (χ0v) is 17.1. The van der Waals surface area contributed by atoms with Crippen LogP contribution in [0.3, 0.4) is 0 Å². The number of carbonyl (C=O) groups is 1. The van der Waals surface area contributed by atoms with Crippen LogP contribution < -0.4 is 4.31 Å². The van der Waals surface area contributed by atoms with Gasteiger partial charge in [0.1, 0.15) is 10.7 Å². The van der Waals surface area contributed by atoms with Crippen molar-refractivity contribution < 1.29 is 13.4 Å². The number of hydrogen-bond acceptors (Lipinski definition) is 2. The molecule has 0 radical (unpaired) electrons. The number of ketones is 1. The van der Waals surface area contributed by atoms with Gasteiger partial charge in [-0.25, -0.2) is 8.60 Å². The van der Waals surface area contributed by atoms with E-state index in [4.69, 9.17) is 0 Å². The standard InChI is InChI=1S/C25H18FNO2S/c1-27-23-14-13-19(10-5-9-18-7-3-2-4-8-18)16-22(23)25(28)24(30(27)29)17-20-11-6-12-21(26)15-20/h2-4,6-8,11-17H,9H2,1H3/b24-17+. The first kappa shape index (κ1) is 19.8. The van der Waals surface area contributed by atoms with Crippen LogP contribution in [0.15, 0.2) is 77.7 Å². The Morgan fingerprint density at radius 1 is 1.03 bits per heavy atom. The third-order valence-electron chi connectivity index (χ3n) is 4.76. The van der Waals surface area contributed by atoms with Crippen molar-refractivity contribution in [2.45, 2.75) is 6.42 Å². The van der Waals surface area contributed by atoms with E-state index >= 15 is 0 Å². The van der Waals surface area contributed by atoms with Gasteiger partial charge in [-0.3, -0.25) is 9.10 Å². The summed E-state index contributed by atoms with van der Waals surface area (Å²) >= 11 is 0. The van der Waals surface area contributed by atoms with Crippen LogP contribution in [0.4, 0.5) is 10.1 Å². The number of anilines is 1. The number of benzene rings is 3. The van der Waals surface area contributed by atoms with Gasteiger partial charge in [0.25, 0.3) is 0 Å². The minimum atomic E-state index is -1.67. The zero-order valence-electron chi connectivity index (χ0n) is 16.3. The molecule has 1 heterocycles. The summed E-state index contributed by atoms with van der Waals surface area (Å²) in [5.41, 5.74) is 3.34. The first-order chi connectivity index (χ1) is 14.5. The fourth-order valence-corrected chi connectivity index (χ4v) is 4.37. The van der Waals surface area contributed by atoms with E-state index in [9.17, 15) is 13.4 Å². The van der Waals surface area contributed by atoms with Crippen LogP contribution in [0.1, 0.15) is 27.0 Å². The van der Waals surface area contributed by atoms with E-state index in [1.807, 2.05) is 36.4 Å². The van der Waals surface area contributed by atoms with E-state index in [0.717, 1.165) is 5.56 Å². The fourth-order valence-electron chi connectivity index (χ4n) is 3.23. The zero-order chi connectivity index (χ0) is 21.1. The van der Waals surface area contributed by atoms with Crippen LogP contribution in [0.2, 0.25) is 0 Å². The Morgan fingerprint density at radius 2 is 1.83 bits per heavy atom. The molecule has 0 aromatic heterocycles. The molecule has 148 valence electrons. The average molecular weight is 415 g/mol. The lowest BCUT2D eigenvalue weighted by Gasteiger charge is -2.27. The Morgan fingerprint density at radius 3 is 2.60 bits per heavy atom. The summed E-state index contributed by atoms with van der Waals surface area (Å²) < 4.78 is 27.9. The van der Waals surface area contributed by atoms with Gasteiger partial charge in [0.05, 0.1) is 5.69 Å². The van der Waals surface area contributed by atoms with E-state index in [1.54, 1.807) is 35.6 Å². The van der Waals surface area contributed by atoms with Crippen LogP contribution in [-0.2, 0) is 17.4 Å². The van der Waals surface area contributed by atoms with Crippen LogP contribution in [0.5, 0.6) is 0 Å². The van der Waals surface area contributed by atoms with Crippen LogP contribution in [-0.4, -0.2) is 17.0 Å². The molecule has 0 amide bonds. The van der Waals surface area contributed by atoms with Crippen molar-refractivity contribution in [3.63, 3.8) is 0 Å². The maximum atomic E-state index is 13.5. The molecule has 0 fully saturated rings. The molecule has 0 saturated heterocycles. The molecule has 3 aromatic rings. The maximum absolute atomic E-state index is 13.5. The second-order valence-corrected chi connectivity index (χ2v) is 8.32. The molecule has 0 spiro atoms. The molecule has 4 rings (SSSR count). The molecular weight excluding hydrogens is 397 g/mol. The van der Waals surface area contributed by atoms with Crippen LogP contribution >= 0.6 is 0 Å². The molecule has 0 saturated carbocycles. The third-order valence-corrected chi connectivity index (χ3v) is 6.13. The molecule has 0 N–H and O–H groups in total. The molecule has 1 aliphatic heterocycles. The van der Waals surface area contributed by atoms with Gasteiger partial charge < -0.3 is 0 Å². The summed E-state index contributed by atoms with van der Waals surface area (Å²) in [6, 6.07) is 21.1. The van der Waals surface area contributed by atoms with E-state index < -0.39 is 16.8 Å². The molecule has 1 aliphatic rings. The Labute approximate surface area is 177 Å². The summed E-state index contributed by atoms with van der Waals surface area (Å²) in [6.45, 7) is 0.